The molecule has 0 radical (unpaired) electrons. The number of phenolic OH excluding ortho intramolecular Hbond substituents is 1. The molecule has 0 aliphatic carbocycles. The first-order valence-electron chi connectivity index (χ1n) is 4.58. The molecule has 1 aromatic carbocycles. The fraction of sp³-hybridized carbons (Fsp3) is 0.0909. The Morgan fingerprint density at radius 2 is 2.19 bits per heavy atom. The van der Waals surface area contributed by atoms with E-state index in [2.05, 4.69) is 5.10 Å². The number of halogens is 1. The number of rotatable bonds is 2. The topological polar surface area (TPSA) is 55.1 Å². The molecule has 0 aliphatic heterocycles. The van der Waals surface area contributed by atoms with E-state index in [0.29, 0.717) is 17.4 Å². The first-order valence-corrected chi connectivity index (χ1v) is 4.58. The number of hydrogen-bond donors (Lipinski definition) is 1. The lowest BCUT2D eigenvalue weighted by atomic mass is 10.1. The van der Waals surface area contributed by atoms with E-state index in [4.69, 9.17) is 0 Å². The zero-order valence-corrected chi connectivity index (χ0v) is 8.51. The smallest absolute Gasteiger partial charge is 0.166 e. The Bertz CT molecular complexity index is 549. The molecule has 0 bridgehead atoms. The maximum Gasteiger partial charge on any atom is 0.166 e. The molecule has 0 unspecified atom stereocenters. The highest BCUT2D eigenvalue weighted by atomic mass is 19.1. The van der Waals surface area contributed by atoms with Crippen LogP contribution in [0.2, 0.25) is 0 Å². The van der Waals surface area contributed by atoms with Crippen LogP contribution in [0, 0.1) is 5.82 Å². The average Bonchev–Trinajstić information content (AvgIpc) is 2.69. The molecule has 4 nitrogen and oxygen atoms in total. The van der Waals surface area contributed by atoms with Crippen molar-refractivity contribution in [2.75, 3.05) is 0 Å². The highest BCUT2D eigenvalue weighted by Gasteiger charge is 2.11. The van der Waals surface area contributed by atoms with E-state index in [1.165, 1.54) is 12.1 Å². The number of aromatic nitrogens is 2. The average molecular weight is 220 g/mol. The number of carbonyl (C=O) groups excluding carboxylic acids is 1. The van der Waals surface area contributed by atoms with Crippen LogP contribution in [0.1, 0.15) is 10.4 Å². The molecule has 16 heavy (non-hydrogen) atoms. The van der Waals surface area contributed by atoms with Crippen molar-refractivity contribution < 1.29 is 14.3 Å². The second kappa shape index (κ2) is 3.77. The Balaban J connectivity index is 2.58. The number of carbonyl (C=O) groups is 1. The van der Waals surface area contributed by atoms with Crippen LogP contribution in [-0.2, 0) is 7.05 Å². The maximum atomic E-state index is 13.3. The Morgan fingerprint density at radius 3 is 2.75 bits per heavy atom. The molecule has 2 aromatic rings. The molecule has 0 aliphatic rings. The van der Waals surface area contributed by atoms with E-state index >= 15 is 0 Å². The molecule has 0 saturated heterocycles. The lowest BCUT2D eigenvalue weighted by Gasteiger charge is -2.02. The van der Waals surface area contributed by atoms with Gasteiger partial charge >= 0.3 is 0 Å². The summed E-state index contributed by atoms with van der Waals surface area (Å²) in [4.78, 5) is 10.6. The molecule has 5 heteroatoms. The van der Waals surface area contributed by atoms with Gasteiger partial charge in [-0.2, -0.15) is 5.10 Å². The van der Waals surface area contributed by atoms with E-state index in [0.717, 1.165) is 0 Å². The summed E-state index contributed by atoms with van der Waals surface area (Å²) in [6, 6.07) is 2.59. The van der Waals surface area contributed by atoms with Gasteiger partial charge in [0.15, 0.2) is 17.9 Å². The second-order valence-electron chi connectivity index (χ2n) is 3.42. The highest BCUT2D eigenvalue weighted by Crippen LogP contribution is 2.27. The Hall–Kier alpha value is -2.17. The van der Waals surface area contributed by atoms with Crippen LogP contribution in [0.4, 0.5) is 4.39 Å². The molecule has 2 rings (SSSR count). The number of aryl methyl sites for hydroxylation is 1. The number of phenols is 1. The number of nitrogens with zero attached hydrogens (tertiary/aromatic N) is 2. The predicted molar refractivity (Wildman–Crippen MR) is 55.7 cm³/mol. The van der Waals surface area contributed by atoms with Crippen molar-refractivity contribution >= 4 is 6.29 Å². The number of aldehydes is 1. The monoisotopic (exact) mass is 220 g/mol. The summed E-state index contributed by atoms with van der Waals surface area (Å²) in [5.41, 5.74) is 1.12. The third-order valence-corrected chi connectivity index (χ3v) is 2.26. The van der Waals surface area contributed by atoms with Gasteiger partial charge in [-0.25, -0.2) is 4.39 Å². The summed E-state index contributed by atoms with van der Waals surface area (Å²) in [6.45, 7) is 0. The summed E-state index contributed by atoms with van der Waals surface area (Å²) >= 11 is 0. The third kappa shape index (κ3) is 1.67. The minimum atomic E-state index is -0.816. The van der Waals surface area contributed by atoms with Gasteiger partial charge < -0.3 is 5.11 Å². The lowest BCUT2D eigenvalue weighted by molar-refractivity contribution is 0.112. The Morgan fingerprint density at radius 1 is 1.44 bits per heavy atom. The summed E-state index contributed by atoms with van der Waals surface area (Å²) in [6.07, 6.45) is 3.67. The molecule has 0 atom stereocenters. The van der Waals surface area contributed by atoms with Crippen LogP contribution < -0.4 is 0 Å². The molecule has 1 N–H and O–H groups in total. The van der Waals surface area contributed by atoms with Gasteiger partial charge in [0.05, 0.1) is 11.8 Å². The standard InChI is InChI=1S/C11H9FN2O2/c1-14-5-9(4-13-14)7-2-8(6-15)11(16)10(12)3-7/h2-6,16H,1H3. The Kier molecular flexibility index (Phi) is 2.44. The van der Waals surface area contributed by atoms with Gasteiger partial charge in [-0.1, -0.05) is 0 Å². The van der Waals surface area contributed by atoms with Gasteiger partial charge in [-0.05, 0) is 17.7 Å². The highest BCUT2D eigenvalue weighted by molar-refractivity contribution is 5.82. The van der Waals surface area contributed by atoms with E-state index in [-0.39, 0.29) is 5.56 Å². The quantitative estimate of drug-likeness (QED) is 0.784. The van der Waals surface area contributed by atoms with Crippen molar-refractivity contribution in [3.63, 3.8) is 0 Å². The SMILES string of the molecule is Cn1cc(-c2cc(F)c(O)c(C=O)c2)cn1. The van der Waals surface area contributed by atoms with E-state index in [9.17, 15) is 14.3 Å². The Labute approximate surface area is 90.9 Å². The van der Waals surface area contributed by atoms with Crippen molar-refractivity contribution in [1.82, 2.24) is 9.78 Å². The fourth-order valence-corrected chi connectivity index (χ4v) is 1.45. The normalized spacial score (nSPS) is 10.4. The van der Waals surface area contributed by atoms with E-state index in [1.807, 2.05) is 0 Å². The number of hydrogen-bond acceptors (Lipinski definition) is 3. The largest absolute Gasteiger partial charge is 0.504 e. The third-order valence-electron chi connectivity index (χ3n) is 2.26. The van der Waals surface area contributed by atoms with Gasteiger partial charge in [0.2, 0.25) is 0 Å². The second-order valence-corrected chi connectivity index (χ2v) is 3.42. The minimum Gasteiger partial charge on any atom is -0.504 e. The molecule has 82 valence electrons. The summed E-state index contributed by atoms with van der Waals surface area (Å²) in [7, 11) is 1.74. The fourth-order valence-electron chi connectivity index (χ4n) is 1.45. The van der Waals surface area contributed by atoms with Gasteiger partial charge in [0.1, 0.15) is 0 Å². The van der Waals surface area contributed by atoms with Crippen LogP contribution in [0.5, 0.6) is 5.75 Å². The van der Waals surface area contributed by atoms with Crippen molar-refractivity contribution in [2.24, 2.45) is 7.05 Å². The molecule has 1 heterocycles. The number of benzene rings is 1. The zero-order chi connectivity index (χ0) is 11.7. The summed E-state index contributed by atoms with van der Waals surface area (Å²) < 4.78 is 14.9. The number of aromatic hydroxyl groups is 1. The minimum absolute atomic E-state index is 0.0705. The van der Waals surface area contributed by atoms with Gasteiger partial charge in [0, 0.05) is 18.8 Å². The molecular formula is C11H9FN2O2. The first-order chi connectivity index (χ1) is 7.61. The van der Waals surface area contributed by atoms with E-state index < -0.39 is 11.6 Å². The van der Waals surface area contributed by atoms with Crippen molar-refractivity contribution in [3.05, 3.63) is 35.9 Å². The van der Waals surface area contributed by atoms with E-state index in [1.54, 1.807) is 24.1 Å². The molecule has 1 aromatic heterocycles. The summed E-state index contributed by atoms with van der Waals surface area (Å²) in [5.74, 6) is -1.44. The van der Waals surface area contributed by atoms with Crippen molar-refractivity contribution in [2.45, 2.75) is 0 Å². The first kappa shape index (κ1) is 10.4. The molecule has 0 saturated carbocycles. The van der Waals surface area contributed by atoms with Crippen LogP contribution in [0.15, 0.2) is 24.5 Å². The van der Waals surface area contributed by atoms with Gasteiger partial charge in [-0.15, -0.1) is 0 Å². The molecule has 0 spiro atoms. The molecule has 0 amide bonds. The van der Waals surface area contributed by atoms with Crippen LogP contribution in [0.3, 0.4) is 0 Å². The molecular weight excluding hydrogens is 211 g/mol. The zero-order valence-electron chi connectivity index (χ0n) is 8.51. The maximum absolute atomic E-state index is 13.3. The van der Waals surface area contributed by atoms with Crippen LogP contribution in [-0.4, -0.2) is 21.2 Å². The molecule has 0 fully saturated rings. The lowest BCUT2D eigenvalue weighted by Crippen LogP contribution is -1.88. The van der Waals surface area contributed by atoms with Crippen LogP contribution in [0.25, 0.3) is 11.1 Å². The van der Waals surface area contributed by atoms with Crippen molar-refractivity contribution in [3.8, 4) is 16.9 Å². The summed E-state index contributed by atoms with van der Waals surface area (Å²) in [5, 5.41) is 13.2. The van der Waals surface area contributed by atoms with Crippen LogP contribution >= 0.6 is 0 Å². The van der Waals surface area contributed by atoms with Crippen molar-refractivity contribution in [1.29, 1.82) is 0 Å². The van der Waals surface area contributed by atoms with Gasteiger partial charge in [-0.3, -0.25) is 9.48 Å². The predicted octanol–water partition coefficient (Wildman–Crippen LogP) is 1.74. The van der Waals surface area contributed by atoms with Gasteiger partial charge in [0.25, 0.3) is 0 Å².